The fourth-order valence-electron chi connectivity index (χ4n) is 2.79. The first-order chi connectivity index (χ1) is 10.7. The smallest absolute Gasteiger partial charge is 0.251 e. The number of nitrogens with zero attached hydrogens (tertiary/aromatic N) is 2. The number of hydrogen-bond donors (Lipinski definition) is 1. The molecule has 23 heavy (non-hydrogen) atoms. The third kappa shape index (κ3) is 3.69. The van der Waals surface area contributed by atoms with Gasteiger partial charge >= 0.3 is 0 Å². The van der Waals surface area contributed by atoms with Crippen LogP contribution < -0.4 is 0 Å². The molecule has 1 aromatic rings. The van der Waals surface area contributed by atoms with Crippen molar-refractivity contribution in [1.82, 2.24) is 9.80 Å². The summed E-state index contributed by atoms with van der Waals surface area (Å²) >= 11 is 0. The van der Waals surface area contributed by atoms with Gasteiger partial charge in [0.05, 0.1) is 5.41 Å². The molecule has 0 spiro atoms. The molecule has 0 bridgehead atoms. The lowest BCUT2D eigenvalue weighted by Gasteiger charge is -2.39. The quantitative estimate of drug-likeness (QED) is 0.908. The first kappa shape index (κ1) is 17.4. The van der Waals surface area contributed by atoms with Crippen LogP contribution in [-0.4, -0.2) is 59.0 Å². The molecule has 126 valence electrons. The number of aliphatic hydroxyl groups excluding tert-OH is 1. The first-order valence-electron chi connectivity index (χ1n) is 7.75. The van der Waals surface area contributed by atoms with Crippen molar-refractivity contribution in [1.29, 1.82) is 0 Å². The molecule has 1 aliphatic rings. The second kappa shape index (κ2) is 6.66. The summed E-state index contributed by atoms with van der Waals surface area (Å²) in [6, 6.07) is 6.07. The number of carbonyl (C=O) groups excluding carboxylic acids is 2. The van der Waals surface area contributed by atoms with Gasteiger partial charge in [-0.1, -0.05) is 12.1 Å². The normalized spacial score (nSPS) is 17.1. The van der Waals surface area contributed by atoms with E-state index in [4.69, 9.17) is 0 Å². The van der Waals surface area contributed by atoms with E-state index in [1.54, 1.807) is 35.8 Å². The SMILES string of the molecule is CC(O)C(=O)N1CCN(C(=O)C(C)(C)c2cccc(F)c2)CC1. The monoisotopic (exact) mass is 322 g/mol. The van der Waals surface area contributed by atoms with E-state index in [-0.39, 0.29) is 17.6 Å². The second-order valence-corrected chi connectivity index (χ2v) is 6.43. The predicted octanol–water partition coefficient (Wildman–Crippen LogP) is 1.15. The van der Waals surface area contributed by atoms with Crippen LogP contribution in [0, 0.1) is 5.82 Å². The highest BCUT2D eigenvalue weighted by atomic mass is 19.1. The highest BCUT2D eigenvalue weighted by Gasteiger charge is 2.36. The van der Waals surface area contributed by atoms with Gasteiger partial charge in [-0.15, -0.1) is 0 Å². The molecule has 1 saturated heterocycles. The predicted molar refractivity (Wildman–Crippen MR) is 84.3 cm³/mol. The van der Waals surface area contributed by atoms with E-state index in [2.05, 4.69) is 0 Å². The molecule has 1 unspecified atom stereocenters. The van der Waals surface area contributed by atoms with Gasteiger partial charge in [-0.05, 0) is 38.5 Å². The fraction of sp³-hybridized carbons (Fsp3) is 0.529. The van der Waals surface area contributed by atoms with E-state index in [9.17, 15) is 19.1 Å². The third-order valence-corrected chi connectivity index (χ3v) is 4.32. The zero-order valence-corrected chi connectivity index (χ0v) is 13.8. The molecule has 5 nitrogen and oxygen atoms in total. The molecule has 0 aromatic heterocycles. The van der Waals surface area contributed by atoms with Crippen LogP contribution in [0.1, 0.15) is 26.3 Å². The van der Waals surface area contributed by atoms with Crippen molar-refractivity contribution in [3.63, 3.8) is 0 Å². The van der Waals surface area contributed by atoms with Crippen molar-refractivity contribution >= 4 is 11.8 Å². The van der Waals surface area contributed by atoms with Gasteiger partial charge in [0.25, 0.3) is 5.91 Å². The van der Waals surface area contributed by atoms with Gasteiger partial charge in [0.1, 0.15) is 11.9 Å². The van der Waals surface area contributed by atoms with Gasteiger partial charge in [-0.2, -0.15) is 0 Å². The summed E-state index contributed by atoms with van der Waals surface area (Å²) < 4.78 is 13.4. The van der Waals surface area contributed by atoms with Gasteiger partial charge in [0.15, 0.2) is 0 Å². The van der Waals surface area contributed by atoms with Gasteiger partial charge in [0, 0.05) is 26.2 Å². The standard InChI is InChI=1S/C17H23FN2O3/c1-12(21)15(22)19-7-9-20(10-8-19)16(23)17(2,3)13-5-4-6-14(18)11-13/h4-6,11-12,21H,7-10H2,1-3H3. The van der Waals surface area contributed by atoms with Crippen molar-refractivity contribution in [3.05, 3.63) is 35.6 Å². The van der Waals surface area contributed by atoms with Crippen LogP contribution in [0.15, 0.2) is 24.3 Å². The topological polar surface area (TPSA) is 60.9 Å². The van der Waals surface area contributed by atoms with Crippen LogP contribution >= 0.6 is 0 Å². The lowest BCUT2D eigenvalue weighted by atomic mass is 9.83. The van der Waals surface area contributed by atoms with Gasteiger partial charge in [-0.25, -0.2) is 4.39 Å². The zero-order chi connectivity index (χ0) is 17.2. The summed E-state index contributed by atoms with van der Waals surface area (Å²) in [5.41, 5.74) is -0.205. The second-order valence-electron chi connectivity index (χ2n) is 6.43. The Labute approximate surface area is 135 Å². The van der Waals surface area contributed by atoms with Crippen LogP contribution in [0.25, 0.3) is 0 Å². The molecule has 0 aliphatic carbocycles. The molecule has 0 radical (unpaired) electrons. The molecule has 1 aromatic carbocycles. The molecular weight excluding hydrogens is 299 g/mol. The van der Waals surface area contributed by atoms with Crippen LogP contribution in [0.2, 0.25) is 0 Å². The van der Waals surface area contributed by atoms with E-state index in [0.29, 0.717) is 31.7 Å². The summed E-state index contributed by atoms with van der Waals surface area (Å²) in [6.45, 7) is 6.61. The molecule has 2 rings (SSSR count). The lowest BCUT2D eigenvalue weighted by molar-refractivity contribution is -0.146. The van der Waals surface area contributed by atoms with E-state index in [0.717, 1.165) is 0 Å². The van der Waals surface area contributed by atoms with Gasteiger partial charge in [-0.3, -0.25) is 9.59 Å². The van der Waals surface area contributed by atoms with Crippen LogP contribution in [0.3, 0.4) is 0 Å². The molecule has 1 fully saturated rings. The number of benzene rings is 1. The minimum atomic E-state index is -1.03. The summed E-state index contributed by atoms with van der Waals surface area (Å²) in [5, 5.41) is 9.34. The third-order valence-electron chi connectivity index (χ3n) is 4.32. The number of halogens is 1. The summed E-state index contributed by atoms with van der Waals surface area (Å²) in [4.78, 5) is 27.8. The molecule has 1 atom stereocenters. The molecule has 6 heteroatoms. The minimum Gasteiger partial charge on any atom is -0.384 e. The summed E-state index contributed by atoms with van der Waals surface area (Å²) in [6.07, 6.45) is -1.03. The number of aliphatic hydroxyl groups is 1. The van der Waals surface area contributed by atoms with Crippen molar-refractivity contribution in [2.24, 2.45) is 0 Å². The highest BCUT2D eigenvalue weighted by molar-refractivity contribution is 5.88. The van der Waals surface area contributed by atoms with Crippen molar-refractivity contribution in [2.75, 3.05) is 26.2 Å². The molecule has 1 heterocycles. The maximum atomic E-state index is 13.4. The van der Waals surface area contributed by atoms with Crippen LogP contribution in [0.4, 0.5) is 4.39 Å². The molecule has 1 N–H and O–H groups in total. The molecule has 2 amide bonds. The fourth-order valence-corrected chi connectivity index (χ4v) is 2.79. The van der Waals surface area contributed by atoms with Crippen molar-refractivity contribution < 1.29 is 19.1 Å². The maximum Gasteiger partial charge on any atom is 0.251 e. The van der Waals surface area contributed by atoms with Gasteiger partial charge < -0.3 is 14.9 Å². The largest absolute Gasteiger partial charge is 0.384 e. The van der Waals surface area contributed by atoms with E-state index in [1.807, 2.05) is 0 Å². The Hall–Kier alpha value is -1.95. The van der Waals surface area contributed by atoms with Crippen LogP contribution in [0.5, 0.6) is 0 Å². The Kier molecular flexibility index (Phi) is 5.04. The van der Waals surface area contributed by atoms with E-state index < -0.39 is 11.5 Å². The first-order valence-corrected chi connectivity index (χ1v) is 7.75. The molecule has 0 saturated carbocycles. The average Bonchev–Trinajstić information content (AvgIpc) is 2.53. The van der Waals surface area contributed by atoms with Crippen LogP contribution in [-0.2, 0) is 15.0 Å². The molecular formula is C17H23FN2O3. The van der Waals surface area contributed by atoms with Crippen molar-refractivity contribution in [3.8, 4) is 0 Å². The Bertz CT molecular complexity index is 593. The highest BCUT2D eigenvalue weighted by Crippen LogP contribution is 2.27. The summed E-state index contributed by atoms with van der Waals surface area (Å²) in [7, 11) is 0. The minimum absolute atomic E-state index is 0.0905. The van der Waals surface area contributed by atoms with E-state index >= 15 is 0 Å². The maximum absolute atomic E-state index is 13.4. The summed E-state index contributed by atoms with van der Waals surface area (Å²) in [5.74, 6) is -0.774. The number of hydrogen-bond acceptors (Lipinski definition) is 3. The Balaban J connectivity index is 2.06. The Morgan fingerprint density at radius 1 is 1.17 bits per heavy atom. The number of rotatable bonds is 3. The Morgan fingerprint density at radius 3 is 2.26 bits per heavy atom. The lowest BCUT2D eigenvalue weighted by Crippen LogP contribution is -2.55. The number of carbonyl (C=O) groups is 2. The average molecular weight is 322 g/mol. The number of amides is 2. The van der Waals surface area contributed by atoms with E-state index in [1.165, 1.54) is 19.1 Å². The van der Waals surface area contributed by atoms with Crippen molar-refractivity contribution in [2.45, 2.75) is 32.3 Å². The number of piperazine rings is 1. The zero-order valence-electron chi connectivity index (χ0n) is 13.8. The Morgan fingerprint density at radius 2 is 1.74 bits per heavy atom. The van der Waals surface area contributed by atoms with Gasteiger partial charge in [0.2, 0.25) is 5.91 Å². The molecule has 1 aliphatic heterocycles.